The second-order valence-electron chi connectivity index (χ2n) is 7.15. The Hall–Kier alpha value is -3.58. The van der Waals surface area contributed by atoms with E-state index in [4.69, 9.17) is 11.6 Å². The van der Waals surface area contributed by atoms with Gasteiger partial charge in [-0.1, -0.05) is 11.6 Å². The van der Waals surface area contributed by atoms with E-state index in [0.717, 1.165) is 23.5 Å². The predicted octanol–water partition coefficient (Wildman–Crippen LogP) is 4.24. The van der Waals surface area contributed by atoms with Gasteiger partial charge in [-0.05, 0) is 25.1 Å². The van der Waals surface area contributed by atoms with E-state index in [0.29, 0.717) is 16.2 Å². The first-order valence-electron chi connectivity index (χ1n) is 9.61. The molecule has 4 rings (SSSR count). The lowest BCUT2D eigenvalue weighted by atomic mass is 10.2. The largest absolute Gasteiger partial charge is 0.417 e. The third-order valence-electron chi connectivity index (χ3n) is 4.72. The van der Waals surface area contributed by atoms with Crippen LogP contribution in [0.25, 0.3) is 11.2 Å². The molecule has 0 fully saturated rings. The number of carbonyl (C=O) groups is 2. The number of imidazole rings is 1. The molecule has 1 aromatic carbocycles. The lowest BCUT2D eigenvalue weighted by molar-refractivity contribution is -0.137. The number of halogens is 4. The number of alkyl halides is 3. The van der Waals surface area contributed by atoms with Crippen molar-refractivity contribution in [3.05, 3.63) is 63.2 Å². The summed E-state index contributed by atoms with van der Waals surface area (Å²) in [7, 11) is 1.71. The molecular weight excluding hydrogens is 495 g/mol. The zero-order valence-corrected chi connectivity index (χ0v) is 19.1. The number of hydrogen-bond donors (Lipinski definition) is 2. The van der Waals surface area contributed by atoms with E-state index in [1.807, 2.05) is 0 Å². The second kappa shape index (κ2) is 8.99. The molecule has 0 spiro atoms. The molecule has 14 heteroatoms. The van der Waals surface area contributed by atoms with Gasteiger partial charge in [-0.15, -0.1) is 11.3 Å². The molecule has 0 aliphatic rings. The molecule has 3 aromatic heterocycles. The van der Waals surface area contributed by atoms with E-state index >= 15 is 0 Å². The minimum Gasteiger partial charge on any atom is -0.342 e. The first kappa shape index (κ1) is 23.6. The van der Waals surface area contributed by atoms with Gasteiger partial charge in [0.2, 0.25) is 0 Å². The number of benzene rings is 1. The Morgan fingerprint density at radius 1 is 1.15 bits per heavy atom. The number of carbonyl (C=O) groups excluding carboxylic acids is 2. The van der Waals surface area contributed by atoms with Gasteiger partial charge in [0.05, 0.1) is 29.2 Å². The maximum absolute atomic E-state index is 13.0. The molecule has 0 bridgehead atoms. The molecular formula is C20H15ClF3N7O2S. The van der Waals surface area contributed by atoms with Gasteiger partial charge in [0.25, 0.3) is 11.8 Å². The Labute approximate surface area is 199 Å². The minimum absolute atomic E-state index is 0.0676. The Morgan fingerprint density at radius 3 is 2.65 bits per heavy atom. The minimum atomic E-state index is -4.66. The van der Waals surface area contributed by atoms with Crippen LogP contribution in [0.3, 0.4) is 0 Å². The van der Waals surface area contributed by atoms with Crippen molar-refractivity contribution in [3.8, 4) is 0 Å². The molecule has 0 unspecified atom stereocenters. The van der Waals surface area contributed by atoms with Crippen LogP contribution in [0.4, 0.5) is 18.9 Å². The number of amides is 2. The topological polar surface area (TPSA) is 115 Å². The van der Waals surface area contributed by atoms with Crippen LogP contribution >= 0.6 is 22.9 Å². The van der Waals surface area contributed by atoms with Gasteiger partial charge >= 0.3 is 6.18 Å². The summed E-state index contributed by atoms with van der Waals surface area (Å²) in [4.78, 5) is 41.7. The number of anilines is 1. The van der Waals surface area contributed by atoms with E-state index in [1.54, 1.807) is 18.5 Å². The van der Waals surface area contributed by atoms with Gasteiger partial charge in [-0.2, -0.15) is 13.2 Å². The highest BCUT2D eigenvalue weighted by Gasteiger charge is 2.33. The maximum Gasteiger partial charge on any atom is 0.417 e. The third-order valence-corrected chi connectivity index (χ3v) is 6.23. The number of nitrogens with zero attached hydrogens (tertiary/aromatic N) is 5. The summed E-state index contributed by atoms with van der Waals surface area (Å²) in [5.41, 5.74) is -0.149. The first-order chi connectivity index (χ1) is 16.0. The van der Waals surface area contributed by atoms with E-state index in [9.17, 15) is 22.8 Å². The second-order valence-corrected chi connectivity index (χ2v) is 8.62. The smallest absolute Gasteiger partial charge is 0.342 e. The van der Waals surface area contributed by atoms with Crippen molar-refractivity contribution < 1.29 is 22.8 Å². The van der Waals surface area contributed by atoms with E-state index in [1.165, 1.54) is 24.9 Å². The molecule has 176 valence electrons. The van der Waals surface area contributed by atoms with Crippen LogP contribution in [0, 0.1) is 0 Å². The molecule has 0 aliphatic carbocycles. The van der Waals surface area contributed by atoms with Crippen molar-refractivity contribution in [1.82, 2.24) is 29.8 Å². The molecule has 9 nitrogen and oxygen atoms in total. The van der Waals surface area contributed by atoms with Gasteiger partial charge in [0.15, 0.2) is 11.3 Å². The molecule has 34 heavy (non-hydrogen) atoms. The van der Waals surface area contributed by atoms with Crippen LogP contribution in [-0.4, -0.2) is 36.3 Å². The molecule has 0 saturated carbocycles. The molecule has 4 aromatic rings. The summed E-state index contributed by atoms with van der Waals surface area (Å²) in [5.74, 6) is -1.13. The Morgan fingerprint density at radius 2 is 1.91 bits per heavy atom. The number of nitrogens with one attached hydrogen (secondary N) is 2. The highest BCUT2D eigenvalue weighted by atomic mass is 35.5. The highest BCUT2D eigenvalue weighted by molar-refractivity contribution is 7.13. The molecule has 1 atom stereocenters. The molecule has 0 aliphatic heterocycles. The van der Waals surface area contributed by atoms with Crippen molar-refractivity contribution in [2.75, 3.05) is 5.32 Å². The average molecular weight is 510 g/mol. The fourth-order valence-electron chi connectivity index (χ4n) is 3.09. The van der Waals surface area contributed by atoms with Gasteiger partial charge < -0.3 is 15.2 Å². The Bertz CT molecular complexity index is 1400. The fraction of sp³-hybridized carbons (Fsp3) is 0.200. The maximum atomic E-state index is 13.0. The van der Waals surface area contributed by atoms with Crippen molar-refractivity contribution in [2.45, 2.75) is 19.1 Å². The van der Waals surface area contributed by atoms with Gasteiger partial charge in [-0.3, -0.25) is 9.59 Å². The van der Waals surface area contributed by atoms with Crippen molar-refractivity contribution in [2.24, 2.45) is 7.05 Å². The monoisotopic (exact) mass is 509 g/mol. The fourth-order valence-corrected chi connectivity index (χ4v) is 4.13. The molecule has 3 heterocycles. The summed E-state index contributed by atoms with van der Waals surface area (Å²) >= 11 is 6.60. The van der Waals surface area contributed by atoms with Crippen molar-refractivity contribution in [1.29, 1.82) is 0 Å². The number of hydrogen-bond acceptors (Lipinski definition) is 7. The summed E-state index contributed by atoms with van der Waals surface area (Å²) in [6.45, 7) is 1.68. The van der Waals surface area contributed by atoms with E-state index in [-0.39, 0.29) is 16.3 Å². The van der Waals surface area contributed by atoms with Crippen LogP contribution in [-0.2, 0) is 13.2 Å². The number of thiazole rings is 1. The zero-order chi connectivity index (χ0) is 24.6. The lowest BCUT2D eigenvalue weighted by Gasteiger charge is -2.12. The summed E-state index contributed by atoms with van der Waals surface area (Å²) in [6, 6.07) is 2.50. The number of rotatable bonds is 5. The molecule has 2 N–H and O–H groups in total. The lowest BCUT2D eigenvalue weighted by Crippen LogP contribution is -2.28. The van der Waals surface area contributed by atoms with Crippen LogP contribution in [0.2, 0.25) is 5.02 Å². The highest BCUT2D eigenvalue weighted by Crippen LogP contribution is 2.36. The van der Waals surface area contributed by atoms with Crippen LogP contribution in [0.15, 0.2) is 37.1 Å². The van der Waals surface area contributed by atoms with Crippen LogP contribution < -0.4 is 10.6 Å². The summed E-state index contributed by atoms with van der Waals surface area (Å²) in [5, 5.41) is 5.11. The molecule has 2 amide bonds. The SMILES string of the molecule is C[C@H](NC(=O)c1ncnc2ncn(C)c12)c1ncc(C(=O)Nc2ccc(Cl)c(C(F)(F)F)c2)s1. The number of aromatic nitrogens is 5. The molecule has 0 saturated heterocycles. The van der Waals surface area contributed by atoms with Gasteiger partial charge in [-0.25, -0.2) is 19.9 Å². The van der Waals surface area contributed by atoms with E-state index in [2.05, 4.69) is 30.6 Å². The Kier molecular flexibility index (Phi) is 6.23. The van der Waals surface area contributed by atoms with Crippen LogP contribution in [0.5, 0.6) is 0 Å². The van der Waals surface area contributed by atoms with Gasteiger partial charge in [0, 0.05) is 12.7 Å². The average Bonchev–Trinajstić information content (AvgIpc) is 3.42. The zero-order valence-electron chi connectivity index (χ0n) is 17.5. The standard InChI is InChI=1S/C20H15ClF3N7O2S/c1-9(29-18(33)14-15-16(27-7-26-14)28-8-31(15)2)19-25-6-13(34-19)17(32)30-10-3-4-12(21)11(5-10)20(22,23)24/h3-9H,1-2H3,(H,29,33)(H,30,32)/t9-/m0/s1. The summed E-state index contributed by atoms with van der Waals surface area (Å²) in [6.07, 6.45) is -0.623. The quantitative estimate of drug-likeness (QED) is 0.416. The van der Waals surface area contributed by atoms with Crippen molar-refractivity contribution >= 4 is 51.6 Å². The van der Waals surface area contributed by atoms with E-state index < -0.39 is 34.6 Å². The molecule has 0 radical (unpaired) electrons. The third kappa shape index (κ3) is 4.70. The van der Waals surface area contributed by atoms with Crippen molar-refractivity contribution in [3.63, 3.8) is 0 Å². The summed E-state index contributed by atoms with van der Waals surface area (Å²) < 4.78 is 40.8. The number of aryl methyl sites for hydroxylation is 1. The normalized spacial score (nSPS) is 12.5. The number of fused-ring (bicyclic) bond motifs is 1. The predicted molar refractivity (Wildman–Crippen MR) is 119 cm³/mol. The van der Waals surface area contributed by atoms with Gasteiger partial charge in [0.1, 0.15) is 21.7 Å². The van der Waals surface area contributed by atoms with Crippen LogP contribution in [0.1, 0.15) is 43.7 Å². The Balaban J connectivity index is 1.47. The first-order valence-corrected chi connectivity index (χ1v) is 10.8.